The van der Waals surface area contributed by atoms with Gasteiger partial charge in [-0.2, -0.15) is 0 Å². The molecular formula is C19H17ClO4. The van der Waals surface area contributed by atoms with E-state index in [2.05, 4.69) is 0 Å². The normalized spacial score (nSPS) is 10.8. The van der Waals surface area contributed by atoms with Crippen LogP contribution in [0.5, 0.6) is 11.5 Å². The summed E-state index contributed by atoms with van der Waals surface area (Å²) in [5.41, 5.74) is 1.26. The van der Waals surface area contributed by atoms with Crippen molar-refractivity contribution in [2.75, 3.05) is 13.2 Å². The Bertz CT molecular complexity index is 930. The van der Waals surface area contributed by atoms with Gasteiger partial charge in [0.2, 0.25) is 0 Å². The topological polar surface area (TPSA) is 48.7 Å². The van der Waals surface area contributed by atoms with Crippen LogP contribution < -0.4 is 15.1 Å². The fourth-order valence-electron chi connectivity index (χ4n) is 2.51. The molecule has 2 aromatic carbocycles. The van der Waals surface area contributed by atoms with Crippen molar-refractivity contribution >= 4 is 22.6 Å². The van der Waals surface area contributed by atoms with Crippen LogP contribution in [0.4, 0.5) is 0 Å². The molecule has 1 aromatic heterocycles. The first-order valence-electron chi connectivity index (χ1n) is 7.75. The van der Waals surface area contributed by atoms with Crippen LogP contribution in [-0.2, 0) is 0 Å². The van der Waals surface area contributed by atoms with Crippen molar-refractivity contribution in [1.29, 1.82) is 0 Å². The highest BCUT2D eigenvalue weighted by Crippen LogP contribution is 2.33. The van der Waals surface area contributed by atoms with Gasteiger partial charge in [0, 0.05) is 10.4 Å². The zero-order chi connectivity index (χ0) is 17.1. The molecule has 0 radical (unpaired) electrons. The third-order valence-electron chi connectivity index (χ3n) is 3.55. The van der Waals surface area contributed by atoms with E-state index < -0.39 is 5.63 Å². The second-order valence-corrected chi connectivity index (χ2v) is 5.59. The fourth-order valence-corrected chi connectivity index (χ4v) is 2.69. The molecule has 5 heteroatoms. The van der Waals surface area contributed by atoms with Crippen molar-refractivity contribution in [1.82, 2.24) is 0 Å². The van der Waals surface area contributed by atoms with Crippen molar-refractivity contribution in [3.05, 3.63) is 57.9 Å². The van der Waals surface area contributed by atoms with Crippen LogP contribution >= 0.6 is 11.6 Å². The highest BCUT2D eigenvalue weighted by atomic mass is 35.5. The summed E-state index contributed by atoms with van der Waals surface area (Å²) in [6.07, 6.45) is 0. The molecule has 3 rings (SSSR count). The SMILES string of the molecule is CCOc1ccc(-c2cc3cc(Cl)ccc3oc2=O)cc1OCC. The van der Waals surface area contributed by atoms with Crippen LogP contribution in [0.25, 0.3) is 22.1 Å². The predicted octanol–water partition coefficient (Wildman–Crippen LogP) is 4.91. The molecule has 0 bridgehead atoms. The molecule has 0 aliphatic heterocycles. The number of fused-ring (bicyclic) bond motifs is 1. The van der Waals surface area contributed by atoms with E-state index >= 15 is 0 Å². The van der Waals surface area contributed by atoms with Crippen molar-refractivity contribution in [3.8, 4) is 22.6 Å². The van der Waals surface area contributed by atoms with Crippen LogP contribution in [0, 0.1) is 0 Å². The highest BCUT2D eigenvalue weighted by molar-refractivity contribution is 6.31. The number of hydrogen-bond donors (Lipinski definition) is 0. The monoisotopic (exact) mass is 344 g/mol. The Balaban J connectivity index is 2.14. The summed E-state index contributed by atoms with van der Waals surface area (Å²) in [6.45, 7) is 4.85. The summed E-state index contributed by atoms with van der Waals surface area (Å²) >= 11 is 6.02. The van der Waals surface area contributed by atoms with Gasteiger partial charge in [0.1, 0.15) is 5.58 Å². The fraction of sp³-hybridized carbons (Fsp3) is 0.211. The van der Waals surface area contributed by atoms with Crippen molar-refractivity contribution in [2.45, 2.75) is 13.8 Å². The van der Waals surface area contributed by atoms with E-state index in [1.165, 1.54) is 0 Å². The van der Waals surface area contributed by atoms with Gasteiger partial charge < -0.3 is 13.9 Å². The Kier molecular flexibility index (Phi) is 4.76. The summed E-state index contributed by atoms with van der Waals surface area (Å²) in [5.74, 6) is 1.25. The molecule has 3 aromatic rings. The molecule has 1 heterocycles. The second kappa shape index (κ2) is 6.97. The minimum absolute atomic E-state index is 0.406. The zero-order valence-electron chi connectivity index (χ0n) is 13.5. The molecule has 0 saturated heterocycles. The molecule has 4 nitrogen and oxygen atoms in total. The molecular weight excluding hydrogens is 328 g/mol. The second-order valence-electron chi connectivity index (χ2n) is 5.16. The van der Waals surface area contributed by atoms with E-state index in [4.69, 9.17) is 25.5 Å². The molecule has 0 unspecified atom stereocenters. The smallest absolute Gasteiger partial charge is 0.344 e. The van der Waals surface area contributed by atoms with Gasteiger partial charge >= 0.3 is 5.63 Å². The van der Waals surface area contributed by atoms with Gasteiger partial charge in [-0.25, -0.2) is 4.79 Å². The minimum Gasteiger partial charge on any atom is -0.490 e. The maximum Gasteiger partial charge on any atom is 0.344 e. The van der Waals surface area contributed by atoms with E-state index in [1.54, 1.807) is 36.4 Å². The lowest BCUT2D eigenvalue weighted by Gasteiger charge is -2.12. The van der Waals surface area contributed by atoms with E-state index in [0.29, 0.717) is 46.4 Å². The van der Waals surface area contributed by atoms with Crippen LogP contribution in [0.15, 0.2) is 51.7 Å². The third-order valence-corrected chi connectivity index (χ3v) is 3.78. The maximum absolute atomic E-state index is 12.3. The number of halogens is 1. The molecule has 0 aliphatic carbocycles. The van der Waals surface area contributed by atoms with Gasteiger partial charge in [0.15, 0.2) is 11.5 Å². The average Bonchev–Trinajstić information content (AvgIpc) is 2.57. The van der Waals surface area contributed by atoms with E-state index in [1.807, 2.05) is 19.9 Å². The Hall–Kier alpha value is -2.46. The summed E-state index contributed by atoms with van der Waals surface area (Å²) in [7, 11) is 0. The van der Waals surface area contributed by atoms with Crippen LogP contribution in [-0.4, -0.2) is 13.2 Å². The third kappa shape index (κ3) is 3.24. The van der Waals surface area contributed by atoms with Crippen molar-refractivity contribution in [2.24, 2.45) is 0 Å². The number of rotatable bonds is 5. The van der Waals surface area contributed by atoms with Gasteiger partial charge in [-0.15, -0.1) is 0 Å². The Morgan fingerprint density at radius 3 is 2.46 bits per heavy atom. The molecule has 0 spiro atoms. The minimum atomic E-state index is -0.406. The molecule has 124 valence electrons. The Morgan fingerprint density at radius 2 is 1.71 bits per heavy atom. The maximum atomic E-state index is 12.3. The molecule has 0 saturated carbocycles. The number of benzene rings is 2. The van der Waals surface area contributed by atoms with Crippen molar-refractivity contribution < 1.29 is 13.9 Å². The van der Waals surface area contributed by atoms with Gasteiger partial charge in [0.05, 0.1) is 18.8 Å². The van der Waals surface area contributed by atoms with Crippen LogP contribution in [0.3, 0.4) is 0 Å². The van der Waals surface area contributed by atoms with Gasteiger partial charge in [-0.1, -0.05) is 17.7 Å². The molecule has 0 amide bonds. The summed E-state index contributed by atoms with van der Waals surface area (Å²) in [5, 5.41) is 1.35. The lowest BCUT2D eigenvalue weighted by Crippen LogP contribution is -2.04. The summed E-state index contributed by atoms with van der Waals surface area (Å²) < 4.78 is 16.6. The van der Waals surface area contributed by atoms with E-state index in [9.17, 15) is 4.79 Å². The van der Waals surface area contributed by atoms with Gasteiger partial charge in [-0.05, 0) is 55.8 Å². The quantitative estimate of drug-likeness (QED) is 0.617. The Morgan fingerprint density at radius 1 is 0.958 bits per heavy atom. The number of ether oxygens (including phenoxy) is 2. The first kappa shape index (κ1) is 16.4. The van der Waals surface area contributed by atoms with Gasteiger partial charge in [-0.3, -0.25) is 0 Å². The molecule has 0 aliphatic rings. The lowest BCUT2D eigenvalue weighted by molar-refractivity contribution is 0.288. The summed E-state index contributed by atoms with van der Waals surface area (Å²) in [6, 6.07) is 12.3. The number of hydrogen-bond acceptors (Lipinski definition) is 4. The zero-order valence-corrected chi connectivity index (χ0v) is 14.2. The van der Waals surface area contributed by atoms with E-state index in [-0.39, 0.29) is 0 Å². The van der Waals surface area contributed by atoms with Crippen LogP contribution in [0.1, 0.15) is 13.8 Å². The van der Waals surface area contributed by atoms with Gasteiger partial charge in [0.25, 0.3) is 0 Å². The predicted molar refractivity (Wildman–Crippen MR) is 95.3 cm³/mol. The summed E-state index contributed by atoms with van der Waals surface area (Å²) in [4.78, 5) is 12.3. The molecule has 24 heavy (non-hydrogen) atoms. The average molecular weight is 345 g/mol. The molecule has 0 fully saturated rings. The molecule has 0 N–H and O–H groups in total. The van der Waals surface area contributed by atoms with E-state index in [0.717, 1.165) is 5.39 Å². The largest absolute Gasteiger partial charge is 0.490 e. The molecule has 0 atom stereocenters. The Labute approximate surface area is 144 Å². The lowest BCUT2D eigenvalue weighted by atomic mass is 10.1. The first-order chi connectivity index (χ1) is 11.6. The highest BCUT2D eigenvalue weighted by Gasteiger charge is 2.12. The van der Waals surface area contributed by atoms with Crippen LogP contribution in [0.2, 0.25) is 5.02 Å². The van der Waals surface area contributed by atoms with Crippen molar-refractivity contribution in [3.63, 3.8) is 0 Å². The first-order valence-corrected chi connectivity index (χ1v) is 8.13. The standard InChI is InChI=1S/C19H17ClO4/c1-3-22-17-7-5-12(11-18(17)23-4-2)15-10-13-9-14(20)6-8-16(13)24-19(15)21/h5-11H,3-4H2,1-2H3.